The van der Waals surface area contributed by atoms with Gasteiger partial charge in [-0.2, -0.15) is 0 Å². The van der Waals surface area contributed by atoms with Gasteiger partial charge in [0.1, 0.15) is 12.1 Å². The largest absolute Gasteiger partial charge is 0.369 e. The first-order valence-corrected chi connectivity index (χ1v) is 9.73. The summed E-state index contributed by atoms with van der Waals surface area (Å²) < 4.78 is 0. The van der Waals surface area contributed by atoms with E-state index in [1.54, 1.807) is 6.33 Å². The van der Waals surface area contributed by atoms with Crippen molar-refractivity contribution in [1.29, 1.82) is 0 Å². The molecule has 1 aliphatic rings. The molecule has 27 heavy (non-hydrogen) atoms. The van der Waals surface area contributed by atoms with Crippen molar-refractivity contribution >= 4 is 17.4 Å². The number of hydrogen-bond acceptors (Lipinski definition) is 4. The van der Waals surface area contributed by atoms with Gasteiger partial charge < -0.3 is 5.32 Å². The fraction of sp³-hybridized carbons (Fsp3) is 0.273. The molecule has 138 valence electrons. The van der Waals surface area contributed by atoms with Crippen LogP contribution in [0, 0.1) is 0 Å². The topological polar surface area (TPSA) is 41.1 Å². The lowest BCUT2D eigenvalue weighted by molar-refractivity contribution is 0.243. The van der Waals surface area contributed by atoms with Crippen LogP contribution in [0.1, 0.15) is 22.4 Å². The van der Waals surface area contributed by atoms with Gasteiger partial charge in [-0.15, -0.1) is 0 Å². The fourth-order valence-corrected chi connectivity index (χ4v) is 3.63. The Hall–Kier alpha value is -2.43. The van der Waals surface area contributed by atoms with E-state index in [0.717, 1.165) is 49.9 Å². The number of hydrogen-bond donors (Lipinski definition) is 1. The molecule has 4 rings (SSSR count). The van der Waals surface area contributed by atoms with Crippen LogP contribution in [0.25, 0.3) is 0 Å². The first kappa shape index (κ1) is 18.0. The van der Waals surface area contributed by atoms with Crippen molar-refractivity contribution in [2.45, 2.75) is 25.9 Å². The second-order valence-electron chi connectivity index (χ2n) is 6.90. The molecule has 4 nitrogen and oxygen atoms in total. The number of benzene rings is 2. The Morgan fingerprint density at radius 2 is 1.78 bits per heavy atom. The van der Waals surface area contributed by atoms with Crippen LogP contribution in [0.4, 0.5) is 5.82 Å². The zero-order valence-electron chi connectivity index (χ0n) is 15.2. The number of anilines is 1. The molecule has 2 aromatic carbocycles. The summed E-state index contributed by atoms with van der Waals surface area (Å²) in [4.78, 5) is 11.5. The van der Waals surface area contributed by atoms with E-state index in [2.05, 4.69) is 62.6 Å². The van der Waals surface area contributed by atoms with E-state index < -0.39 is 0 Å². The van der Waals surface area contributed by atoms with Gasteiger partial charge in [-0.1, -0.05) is 54.1 Å². The predicted octanol–water partition coefficient (Wildman–Crippen LogP) is 4.34. The Kier molecular flexibility index (Phi) is 5.66. The summed E-state index contributed by atoms with van der Waals surface area (Å²) in [6.07, 6.45) is 3.58. The molecule has 1 N–H and O–H groups in total. The lowest BCUT2D eigenvalue weighted by Gasteiger charge is -2.29. The van der Waals surface area contributed by atoms with Crippen molar-refractivity contribution < 1.29 is 0 Å². The van der Waals surface area contributed by atoms with Gasteiger partial charge in [-0.3, -0.25) is 4.90 Å². The Balaban J connectivity index is 1.40. The average molecular weight is 379 g/mol. The van der Waals surface area contributed by atoms with Gasteiger partial charge in [-0.25, -0.2) is 9.97 Å². The standard InChI is InChI=1S/C22H23ClN4/c23-19-8-6-17(7-9-19)10-12-24-22-20-15-27(13-11-21(20)25-16-26-22)14-18-4-2-1-3-5-18/h1-9,16H,10-15H2,(H,24,25,26). The van der Waals surface area contributed by atoms with Gasteiger partial charge in [0.2, 0.25) is 0 Å². The van der Waals surface area contributed by atoms with Crippen molar-refractivity contribution in [3.63, 3.8) is 0 Å². The van der Waals surface area contributed by atoms with E-state index in [-0.39, 0.29) is 0 Å². The predicted molar refractivity (Wildman–Crippen MR) is 110 cm³/mol. The van der Waals surface area contributed by atoms with E-state index in [9.17, 15) is 0 Å². The molecule has 3 aromatic rings. The fourth-order valence-electron chi connectivity index (χ4n) is 3.50. The van der Waals surface area contributed by atoms with Gasteiger partial charge in [-0.05, 0) is 29.7 Å². The monoisotopic (exact) mass is 378 g/mol. The summed E-state index contributed by atoms with van der Waals surface area (Å²) in [7, 11) is 0. The molecule has 0 bridgehead atoms. The van der Waals surface area contributed by atoms with Gasteiger partial charge in [0.05, 0.1) is 5.69 Å². The number of rotatable bonds is 6. The van der Waals surface area contributed by atoms with Gasteiger partial charge >= 0.3 is 0 Å². The van der Waals surface area contributed by atoms with Gasteiger partial charge in [0.15, 0.2) is 0 Å². The molecule has 0 unspecified atom stereocenters. The quantitative estimate of drug-likeness (QED) is 0.692. The van der Waals surface area contributed by atoms with Crippen LogP contribution < -0.4 is 5.32 Å². The first-order valence-electron chi connectivity index (χ1n) is 9.35. The molecule has 0 amide bonds. The highest BCUT2D eigenvalue weighted by Crippen LogP contribution is 2.24. The second kappa shape index (κ2) is 8.51. The minimum atomic E-state index is 0.773. The van der Waals surface area contributed by atoms with Crippen molar-refractivity contribution in [1.82, 2.24) is 14.9 Å². The molecular formula is C22H23ClN4. The summed E-state index contributed by atoms with van der Waals surface area (Å²) in [6, 6.07) is 18.6. The Morgan fingerprint density at radius 1 is 0.963 bits per heavy atom. The maximum Gasteiger partial charge on any atom is 0.134 e. The van der Waals surface area contributed by atoms with Crippen LogP contribution in [0.2, 0.25) is 5.02 Å². The number of fused-ring (bicyclic) bond motifs is 1. The molecular weight excluding hydrogens is 356 g/mol. The Bertz CT molecular complexity index is 881. The summed E-state index contributed by atoms with van der Waals surface area (Å²) in [6.45, 7) is 3.71. The minimum Gasteiger partial charge on any atom is -0.369 e. The second-order valence-corrected chi connectivity index (χ2v) is 7.33. The molecule has 1 aromatic heterocycles. The molecule has 0 atom stereocenters. The zero-order valence-corrected chi connectivity index (χ0v) is 16.0. The molecule has 0 radical (unpaired) electrons. The smallest absolute Gasteiger partial charge is 0.134 e. The molecule has 5 heteroatoms. The lowest BCUT2D eigenvalue weighted by atomic mass is 10.0. The molecule has 2 heterocycles. The Morgan fingerprint density at radius 3 is 2.59 bits per heavy atom. The average Bonchev–Trinajstić information content (AvgIpc) is 2.70. The first-order chi connectivity index (χ1) is 13.3. The number of nitrogens with one attached hydrogen (secondary N) is 1. The summed E-state index contributed by atoms with van der Waals surface area (Å²) in [5, 5.41) is 4.28. The van der Waals surface area contributed by atoms with Gasteiger partial charge in [0, 0.05) is 43.2 Å². The van der Waals surface area contributed by atoms with E-state index in [0.29, 0.717) is 0 Å². The van der Waals surface area contributed by atoms with Crippen molar-refractivity contribution in [3.05, 3.63) is 88.3 Å². The maximum absolute atomic E-state index is 5.96. The molecule has 0 aliphatic carbocycles. The molecule has 1 aliphatic heterocycles. The highest BCUT2D eigenvalue weighted by molar-refractivity contribution is 6.30. The highest BCUT2D eigenvalue weighted by atomic mass is 35.5. The van der Waals surface area contributed by atoms with Crippen molar-refractivity contribution in [2.24, 2.45) is 0 Å². The van der Waals surface area contributed by atoms with E-state index in [1.165, 1.54) is 22.4 Å². The lowest BCUT2D eigenvalue weighted by Crippen LogP contribution is -2.31. The molecule has 0 saturated heterocycles. The van der Waals surface area contributed by atoms with Crippen LogP contribution in [-0.4, -0.2) is 28.0 Å². The summed E-state index contributed by atoms with van der Waals surface area (Å²) in [5.41, 5.74) is 5.01. The van der Waals surface area contributed by atoms with Crippen LogP contribution >= 0.6 is 11.6 Å². The van der Waals surface area contributed by atoms with Crippen molar-refractivity contribution in [2.75, 3.05) is 18.4 Å². The molecule has 0 spiro atoms. The SMILES string of the molecule is Clc1ccc(CCNc2ncnc3c2CN(Cc2ccccc2)CC3)cc1. The third kappa shape index (κ3) is 4.65. The van der Waals surface area contributed by atoms with Crippen LogP contribution in [-0.2, 0) is 25.9 Å². The van der Waals surface area contributed by atoms with Gasteiger partial charge in [0.25, 0.3) is 0 Å². The van der Waals surface area contributed by atoms with Crippen LogP contribution in [0.3, 0.4) is 0 Å². The summed E-state index contributed by atoms with van der Waals surface area (Å²) in [5.74, 6) is 0.965. The van der Waals surface area contributed by atoms with E-state index in [4.69, 9.17) is 11.6 Å². The Labute approximate surface area is 165 Å². The highest BCUT2D eigenvalue weighted by Gasteiger charge is 2.21. The number of halogens is 1. The minimum absolute atomic E-state index is 0.773. The third-order valence-corrected chi connectivity index (χ3v) is 5.20. The van der Waals surface area contributed by atoms with Crippen LogP contribution in [0.5, 0.6) is 0 Å². The molecule has 0 saturated carbocycles. The summed E-state index contributed by atoms with van der Waals surface area (Å²) >= 11 is 5.96. The van der Waals surface area contributed by atoms with E-state index in [1.807, 2.05) is 12.1 Å². The molecule has 0 fully saturated rings. The number of aromatic nitrogens is 2. The van der Waals surface area contributed by atoms with Crippen LogP contribution in [0.15, 0.2) is 60.9 Å². The normalized spacial score (nSPS) is 14.0. The van der Waals surface area contributed by atoms with Crippen molar-refractivity contribution in [3.8, 4) is 0 Å². The third-order valence-electron chi connectivity index (χ3n) is 4.95. The maximum atomic E-state index is 5.96. The van der Waals surface area contributed by atoms with E-state index >= 15 is 0 Å². The number of nitrogens with zero attached hydrogens (tertiary/aromatic N) is 3. The zero-order chi connectivity index (χ0) is 18.5.